The molecule has 2 aromatic rings. The third kappa shape index (κ3) is 3.25. The second-order valence-electron chi connectivity index (χ2n) is 6.98. The van der Waals surface area contributed by atoms with Crippen molar-refractivity contribution in [2.45, 2.75) is 38.6 Å². The maximum absolute atomic E-state index is 12.8. The van der Waals surface area contributed by atoms with Crippen molar-refractivity contribution in [3.8, 4) is 5.75 Å². The minimum atomic E-state index is -0.00952. The number of nitrogens with zero attached hydrogens (tertiary/aromatic N) is 2. The number of rotatable bonds is 4. The van der Waals surface area contributed by atoms with Crippen LogP contribution < -0.4 is 4.74 Å². The van der Waals surface area contributed by atoms with Crippen LogP contribution >= 0.6 is 0 Å². The van der Waals surface area contributed by atoms with Crippen LogP contribution in [0.2, 0.25) is 0 Å². The first kappa shape index (κ1) is 16.5. The highest BCUT2D eigenvalue weighted by Crippen LogP contribution is 2.30. The monoisotopic (exact) mass is 342 g/mol. The van der Waals surface area contributed by atoms with E-state index in [1.807, 2.05) is 36.1 Å². The Morgan fingerprint density at radius 1 is 1.20 bits per heavy atom. The van der Waals surface area contributed by atoms with Crippen molar-refractivity contribution in [2.24, 2.45) is 0 Å². The zero-order valence-electron chi connectivity index (χ0n) is 14.9. The zero-order valence-corrected chi connectivity index (χ0v) is 14.9. The van der Waals surface area contributed by atoms with Gasteiger partial charge in [-0.1, -0.05) is 25.0 Å². The maximum atomic E-state index is 12.8. The van der Waals surface area contributed by atoms with Gasteiger partial charge in [0, 0.05) is 37.6 Å². The van der Waals surface area contributed by atoms with Gasteiger partial charge in [-0.05, 0) is 31.9 Å². The Kier molecular flexibility index (Phi) is 4.66. The van der Waals surface area contributed by atoms with Crippen molar-refractivity contribution < 1.29 is 13.9 Å². The van der Waals surface area contributed by atoms with E-state index in [4.69, 9.17) is 9.15 Å². The van der Waals surface area contributed by atoms with Gasteiger partial charge >= 0.3 is 0 Å². The molecular formula is C20H26N2O3. The van der Waals surface area contributed by atoms with E-state index in [-0.39, 0.29) is 5.91 Å². The third-order valence-corrected chi connectivity index (χ3v) is 5.46. The van der Waals surface area contributed by atoms with E-state index < -0.39 is 0 Å². The Hall–Kier alpha value is -2.01. The average Bonchev–Trinajstić information content (AvgIpc) is 3.32. The van der Waals surface area contributed by atoms with Crippen LogP contribution in [0.4, 0.5) is 0 Å². The van der Waals surface area contributed by atoms with Gasteiger partial charge < -0.3 is 14.1 Å². The molecule has 2 fully saturated rings. The predicted octanol–water partition coefficient (Wildman–Crippen LogP) is 3.53. The zero-order chi connectivity index (χ0) is 17.2. The topological polar surface area (TPSA) is 45.9 Å². The summed E-state index contributed by atoms with van der Waals surface area (Å²) in [5.74, 6) is 1.10. The number of fused-ring (bicyclic) bond motifs is 1. The molecule has 2 heterocycles. The van der Waals surface area contributed by atoms with Gasteiger partial charge in [-0.25, -0.2) is 0 Å². The standard InChI is InChI=1S/C20H26N2O3/c1-2-24-17-9-5-6-15-14-18(25-19(15)17)20(23)22-12-10-21(11-13-22)16-7-3-4-8-16/h5-6,9,14,16H,2-4,7-8,10-13H2,1H3. The van der Waals surface area contributed by atoms with Crippen LogP contribution in [-0.2, 0) is 0 Å². The third-order valence-electron chi connectivity index (χ3n) is 5.46. The molecule has 1 aromatic carbocycles. The molecule has 0 atom stereocenters. The normalized spacial score (nSPS) is 19.6. The van der Waals surface area contributed by atoms with Crippen molar-refractivity contribution >= 4 is 16.9 Å². The first-order chi connectivity index (χ1) is 12.3. The molecule has 0 radical (unpaired) electrons. The lowest BCUT2D eigenvalue weighted by Gasteiger charge is -2.37. The molecule has 5 nitrogen and oxygen atoms in total. The average molecular weight is 342 g/mol. The molecule has 1 saturated carbocycles. The van der Waals surface area contributed by atoms with Crippen molar-refractivity contribution in [3.63, 3.8) is 0 Å². The number of carbonyl (C=O) groups is 1. The number of furan rings is 1. The molecule has 25 heavy (non-hydrogen) atoms. The smallest absolute Gasteiger partial charge is 0.289 e. The fourth-order valence-electron chi connectivity index (χ4n) is 4.13. The first-order valence-corrected chi connectivity index (χ1v) is 9.45. The van der Waals surface area contributed by atoms with E-state index in [9.17, 15) is 4.79 Å². The van der Waals surface area contributed by atoms with E-state index in [0.29, 0.717) is 23.7 Å². The van der Waals surface area contributed by atoms with E-state index in [1.54, 1.807) is 0 Å². The van der Waals surface area contributed by atoms with Gasteiger partial charge in [0.1, 0.15) is 0 Å². The maximum Gasteiger partial charge on any atom is 0.289 e. The molecule has 134 valence electrons. The van der Waals surface area contributed by atoms with Crippen LogP contribution in [0.25, 0.3) is 11.0 Å². The summed E-state index contributed by atoms with van der Waals surface area (Å²) in [6.45, 7) is 6.03. The lowest BCUT2D eigenvalue weighted by atomic mass is 10.1. The molecule has 0 bridgehead atoms. The Labute approximate surface area is 148 Å². The minimum absolute atomic E-state index is 0.00952. The summed E-state index contributed by atoms with van der Waals surface area (Å²) in [5, 5.41) is 0.916. The SMILES string of the molecule is CCOc1cccc2cc(C(=O)N3CCN(C4CCCC4)CC3)oc12. The van der Waals surface area contributed by atoms with Crippen molar-refractivity contribution in [1.82, 2.24) is 9.80 Å². The molecule has 0 N–H and O–H groups in total. The summed E-state index contributed by atoms with van der Waals surface area (Å²) in [6, 6.07) is 8.33. The van der Waals surface area contributed by atoms with Crippen LogP contribution in [0.3, 0.4) is 0 Å². The summed E-state index contributed by atoms with van der Waals surface area (Å²) >= 11 is 0. The van der Waals surface area contributed by atoms with Gasteiger partial charge in [0.25, 0.3) is 5.91 Å². The van der Waals surface area contributed by atoms with E-state index in [2.05, 4.69) is 4.90 Å². The molecule has 1 aliphatic carbocycles. The van der Waals surface area contributed by atoms with Crippen molar-refractivity contribution in [1.29, 1.82) is 0 Å². The highest BCUT2D eigenvalue weighted by molar-refractivity contribution is 5.97. The largest absolute Gasteiger partial charge is 0.490 e. The number of ether oxygens (including phenoxy) is 1. The lowest BCUT2D eigenvalue weighted by molar-refractivity contribution is 0.0547. The summed E-state index contributed by atoms with van der Waals surface area (Å²) in [5.41, 5.74) is 0.664. The fraction of sp³-hybridized carbons (Fsp3) is 0.550. The summed E-state index contributed by atoms with van der Waals surface area (Å²) < 4.78 is 11.5. The molecular weight excluding hydrogens is 316 g/mol. The number of para-hydroxylation sites is 1. The Bertz CT molecular complexity index is 740. The van der Waals surface area contributed by atoms with Crippen LogP contribution in [0, 0.1) is 0 Å². The molecule has 1 saturated heterocycles. The van der Waals surface area contributed by atoms with Crippen LogP contribution in [0.1, 0.15) is 43.2 Å². The second-order valence-corrected chi connectivity index (χ2v) is 6.98. The predicted molar refractivity (Wildman–Crippen MR) is 97.1 cm³/mol. The summed E-state index contributed by atoms with van der Waals surface area (Å²) in [4.78, 5) is 17.3. The number of benzene rings is 1. The summed E-state index contributed by atoms with van der Waals surface area (Å²) in [7, 11) is 0. The molecule has 2 aliphatic rings. The van der Waals surface area contributed by atoms with Gasteiger partial charge in [-0.15, -0.1) is 0 Å². The molecule has 0 unspecified atom stereocenters. The Morgan fingerprint density at radius 2 is 1.96 bits per heavy atom. The number of hydrogen-bond donors (Lipinski definition) is 0. The molecule has 1 amide bonds. The summed E-state index contributed by atoms with van der Waals surface area (Å²) in [6.07, 6.45) is 5.34. The van der Waals surface area contributed by atoms with Gasteiger partial charge in [0.15, 0.2) is 17.1 Å². The van der Waals surface area contributed by atoms with Gasteiger partial charge in [0.05, 0.1) is 6.61 Å². The Balaban J connectivity index is 1.46. The molecule has 1 aromatic heterocycles. The molecule has 0 spiro atoms. The molecule has 5 heteroatoms. The van der Waals surface area contributed by atoms with E-state index in [0.717, 1.165) is 37.6 Å². The van der Waals surface area contributed by atoms with Gasteiger partial charge in [0.2, 0.25) is 0 Å². The number of amides is 1. The van der Waals surface area contributed by atoms with E-state index >= 15 is 0 Å². The van der Waals surface area contributed by atoms with Crippen LogP contribution in [0.5, 0.6) is 5.75 Å². The van der Waals surface area contributed by atoms with Gasteiger partial charge in [-0.3, -0.25) is 9.69 Å². The van der Waals surface area contributed by atoms with Gasteiger partial charge in [-0.2, -0.15) is 0 Å². The number of piperazine rings is 1. The minimum Gasteiger partial charge on any atom is -0.490 e. The second kappa shape index (κ2) is 7.08. The number of hydrogen-bond acceptors (Lipinski definition) is 4. The van der Waals surface area contributed by atoms with E-state index in [1.165, 1.54) is 25.7 Å². The number of carbonyl (C=O) groups excluding carboxylic acids is 1. The first-order valence-electron chi connectivity index (χ1n) is 9.45. The molecule has 1 aliphatic heterocycles. The van der Waals surface area contributed by atoms with Crippen molar-refractivity contribution in [2.75, 3.05) is 32.8 Å². The quantitative estimate of drug-likeness (QED) is 0.853. The van der Waals surface area contributed by atoms with Crippen molar-refractivity contribution in [3.05, 3.63) is 30.0 Å². The Morgan fingerprint density at radius 3 is 2.68 bits per heavy atom. The van der Waals surface area contributed by atoms with Crippen LogP contribution in [0.15, 0.2) is 28.7 Å². The molecule has 4 rings (SSSR count). The highest BCUT2D eigenvalue weighted by Gasteiger charge is 2.29. The van der Waals surface area contributed by atoms with Crippen LogP contribution in [-0.4, -0.2) is 54.5 Å². The highest BCUT2D eigenvalue weighted by atomic mass is 16.5. The fourth-order valence-corrected chi connectivity index (χ4v) is 4.13. The lowest BCUT2D eigenvalue weighted by Crippen LogP contribution is -2.51.